The van der Waals surface area contributed by atoms with E-state index in [4.69, 9.17) is 4.74 Å². The van der Waals surface area contributed by atoms with Gasteiger partial charge in [0.05, 0.1) is 0 Å². The van der Waals surface area contributed by atoms with Crippen LogP contribution in [0.3, 0.4) is 0 Å². The Labute approximate surface area is 111 Å². The predicted octanol–water partition coefficient (Wildman–Crippen LogP) is 2.04. The van der Waals surface area contributed by atoms with Crippen LogP contribution < -0.4 is 10.1 Å². The van der Waals surface area contributed by atoms with Crippen molar-refractivity contribution in [3.05, 3.63) is 28.2 Å². The van der Waals surface area contributed by atoms with E-state index >= 15 is 0 Å². The van der Waals surface area contributed by atoms with Gasteiger partial charge >= 0.3 is 0 Å². The molecule has 1 fully saturated rings. The second-order valence-corrected chi connectivity index (χ2v) is 5.27. The third-order valence-corrected chi connectivity index (χ3v) is 3.52. The third-order valence-electron chi connectivity index (χ3n) is 3.02. The number of nitrogens with zero attached hydrogens (tertiary/aromatic N) is 1. The van der Waals surface area contributed by atoms with Crippen molar-refractivity contribution < 1.29 is 4.74 Å². The largest absolute Gasteiger partial charge is 0.492 e. The Balaban J connectivity index is 1.79. The number of nitrogens with one attached hydrogen (secondary N) is 1. The normalized spacial score (nSPS) is 17.1. The highest BCUT2D eigenvalue weighted by Gasteiger charge is 2.09. The number of halogens is 1. The lowest BCUT2D eigenvalue weighted by atomic mass is 10.2. The van der Waals surface area contributed by atoms with Crippen molar-refractivity contribution in [2.45, 2.75) is 6.92 Å². The molecule has 17 heavy (non-hydrogen) atoms. The average Bonchev–Trinajstić information content (AvgIpc) is 2.35. The van der Waals surface area contributed by atoms with E-state index in [-0.39, 0.29) is 0 Å². The molecule has 0 aliphatic carbocycles. The first-order valence-corrected chi connectivity index (χ1v) is 6.87. The van der Waals surface area contributed by atoms with Gasteiger partial charge in [0, 0.05) is 37.2 Å². The fourth-order valence-electron chi connectivity index (χ4n) is 1.95. The third kappa shape index (κ3) is 3.98. The number of hydrogen-bond acceptors (Lipinski definition) is 3. The average molecular weight is 299 g/mol. The molecule has 1 aromatic carbocycles. The Bertz CT molecular complexity index is 364. The standard InChI is InChI=1S/C13H19BrN2O/c1-11-2-3-12(14)10-13(11)17-9-8-16-6-4-15-5-7-16/h2-3,10,15H,4-9H2,1H3. The second-order valence-electron chi connectivity index (χ2n) is 4.35. The van der Waals surface area contributed by atoms with Crippen LogP contribution in [-0.4, -0.2) is 44.2 Å². The molecule has 2 rings (SSSR count). The molecular formula is C13H19BrN2O. The number of rotatable bonds is 4. The van der Waals surface area contributed by atoms with E-state index in [9.17, 15) is 0 Å². The van der Waals surface area contributed by atoms with Crippen molar-refractivity contribution >= 4 is 15.9 Å². The van der Waals surface area contributed by atoms with Crippen molar-refractivity contribution in [2.75, 3.05) is 39.3 Å². The van der Waals surface area contributed by atoms with Crippen molar-refractivity contribution in [2.24, 2.45) is 0 Å². The van der Waals surface area contributed by atoms with E-state index in [1.165, 1.54) is 5.56 Å². The summed E-state index contributed by atoms with van der Waals surface area (Å²) in [6.45, 7) is 8.28. The highest BCUT2D eigenvalue weighted by molar-refractivity contribution is 9.10. The maximum absolute atomic E-state index is 5.83. The van der Waals surface area contributed by atoms with Crippen molar-refractivity contribution in [3.8, 4) is 5.75 Å². The number of benzene rings is 1. The van der Waals surface area contributed by atoms with Gasteiger partial charge in [-0.05, 0) is 24.6 Å². The van der Waals surface area contributed by atoms with E-state index < -0.39 is 0 Å². The second kappa shape index (κ2) is 6.38. The molecule has 0 unspecified atom stereocenters. The van der Waals surface area contributed by atoms with Gasteiger partial charge in [-0.3, -0.25) is 4.90 Å². The van der Waals surface area contributed by atoms with Gasteiger partial charge in [0.15, 0.2) is 0 Å². The fraction of sp³-hybridized carbons (Fsp3) is 0.538. The zero-order valence-corrected chi connectivity index (χ0v) is 11.8. The van der Waals surface area contributed by atoms with E-state index in [1.54, 1.807) is 0 Å². The molecule has 0 saturated carbocycles. The number of hydrogen-bond donors (Lipinski definition) is 1. The van der Waals surface area contributed by atoms with Crippen LogP contribution in [0.4, 0.5) is 0 Å². The first kappa shape index (κ1) is 12.9. The molecule has 0 spiro atoms. The molecule has 1 saturated heterocycles. The summed E-state index contributed by atoms with van der Waals surface area (Å²) in [7, 11) is 0. The molecule has 94 valence electrons. The molecule has 1 N–H and O–H groups in total. The predicted molar refractivity (Wildman–Crippen MR) is 73.7 cm³/mol. The molecule has 1 heterocycles. The zero-order chi connectivity index (χ0) is 12.1. The summed E-state index contributed by atoms with van der Waals surface area (Å²) >= 11 is 3.47. The summed E-state index contributed by atoms with van der Waals surface area (Å²) in [4.78, 5) is 2.43. The lowest BCUT2D eigenvalue weighted by Gasteiger charge is -2.27. The first-order valence-electron chi connectivity index (χ1n) is 6.08. The molecular weight excluding hydrogens is 280 g/mol. The smallest absolute Gasteiger partial charge is 0.123 e. The van der Waals surface area contributed by atoms with Crippen molar-refractivity contribution in [1.82, 2.24) is 10.2 Å². The minimum atomic E-state index is 0.761. The minimum Gasteiger partial charge on any atom is -0.492 e. The Morgan fingerprint density at radius 3 is 2.88 bits per heavy atom. The van der Waals surface area contributed by atoms with Gasteiger partial charge in [0.1, 0.15) is 12.4 Å². The van der Waals surface area contributed by atoms with Crippen LogP contribution in [-0.2, 0) is 0 Å². The summed E-state index contributed by atoms with van der Waals surface area (Å²) in [6.07, 6.45) is 0. The molecule has 3 nitrogen and oxygen atoms in total. The lowest BCUT2D eigenvalue weighted by Crippen LogP contribution is -2.44. The van der Waals surface area contributed by atoms with E-state index in [2.05, 4.69) is 39.1 Å². The quantitative estimate of drug-likeness (QED) is 0.921. The summed E-state index contributed by atoms with van der Waals surface area (Å²) in [5, 5.41) is 3.35. The van der Waals surface area contributed by atoms with Gasteiger partial charge in [-0.1, -0.05) is 22.0 Å². The van der Waals surface area contributed by atoms with Crippen LogP contribution in [0.2, 0.25) is 0 Å². The molecule has 0 aromatic heterocycles. The Kier molecular flexibility index (Phi) is 4.83. The van der Waals surface area contributed by atoms with Crippen molar-refractivity contribution in [1.29, 1.82) is 0 Å². The highest BCUT2D eigenvalue weighted by atomic mass is 79.9. The van der Waals surface area contributed by atoms with Crippen LogP contribution in [0.15, 0.2) is 22.7 Å². The summed E-state index contributed by atoms with van der Waals surface area (Å²) < 4.78 is 6.90. The Morgan fingerprint density at radius 1 is 1.35 bits per heavy atom. The number of piperazine rings is 1. The maximum Gasteiger partial charge on any atom is 0.123 e. The van der Waals surface area contributed by atoms with Gasteiger partial charge in [-0.25, -0.2) is 0 Å². The number of ether oxygens (including phenoxy) is 1. The van der Waals surface area contributed by atoms with E-state index in [0.717, 1.165) is 49.6 Å². The summed E-state index contributed by atoms with van der Waals surface area (Å²) in [5.41, 5.74) is 1.19. The molecule has 1 aliphatic rings. The molecule has 4 heteroatoms. The van der Waals surface area contributed by atoms with E-state index in [1.807, 2.05) is 12.1 Å². The van der Waals surface area contributed by atoms with Gasteiger partial charge in [0.2, 0.25) is 0 Å². The van der Waals surface area contributed by atoms with Crippen LogP contribution >= 0.6 is 15.9 Å². The van der Waals surface area contributed by atoms with Crippen LogP contribution in [0, 0.1) is 6.92 Å². The molecule has 1 aliphatic heterocycles. The summed E-state index contributed by atoms with van der Waals surface area (Å²) in [5.74, 6) is 0.981. The van der Waals surface area contributed by atoms with Gasteiger partial charge in [0.25, 0.3) is 0 Å². The Morgan fingerprint density at radius 2 is 2.12 bits per heavy atom. The van der Waals surface area contributed by atoms with Crippen molar-refractivity contribution in [3.63, 3.8) is 0 Å². The topological polar surface area (TPSA) is 24.5 Å². The molecule has 1 aromatic rings. The summed E-state index contributed by atoms with van der Waals surface area (Å²) in [6, 6.07) is 6.15. The molecule has 0 amide bonds. The lowest BCUT2D eigenvalue weighted by molar-refractivity contribution is 0.191. The molecule has 0 bridgehead atoms. The molecule has 0 radical (unpaired) electrons. The highest BCUT2D eigenvalue weighted by Crippen LogP contribution is 2.22. The first-order chi connectivity index (χ1) is 8.25. The maximum atomic E-state index is 5.83. The van der Waals surface area contributed by atoms with Gasteiger partial charge in [-0.2, -0.15) is 0 Å². The van der Waals surface area contributed by atoms with Gasteiger partial charge in [-0.15, -0.1) is 0 Å². The van der Waals surface area contributed by atoms with Crippen LogP contribution in [0.1, 0.15) is 5.56 Å². The van der Waals surface area contributed by atoms with Crippen LogP contribution in [0.5, 0.6) is 5.75 Å². The monoisotopic (exact) mass is 298 g/mol. The SMILES string of the molecule is Cc1ccc(Br)cc1OCCN1CCNCC1. The fourth-order valence-corrected chi connectivity index (χ4v) is 2.29. The number of aryl methyl sites for hydroxylation is 1. The van der Waals surface area contributed by atoms with Crippen LogP contribution in [0.25, 0.3) is 0 Å². The molecule has 0 atom stereocenters. The van der Waals surface area contributed by atoms with E-state index in [0.29, 0.717) is 0 Å². The Hall–Kier alpha value is -0.580. The zero-order valence-electron chi connectivity index (χ0n) is 10.2. The minimum absolute atomic E-state index is 0.761. The van der Waals surface area contributed by atoms with Gasteiger partial charge < -0.3 is 10.1 Å².